The van der Waals surface area contributed by atoms with Gasteiger partial charge in [-0.15, -0.1) is 11.8 Å². The van der Waals surface area contributed by atoms with Gasteiger partial charge >= 0.3 is 0 Å². The molecule has 0 aliphatic rings. The minimum absolute atomic E-state index is 1.22. The van der Waals surface area contributed by atoms with E-state index in [4.69, 9.17) is 0 Å². The van der Waals surface area contributed by atoms with Crippen molar-refractivity contribution in [1.29, 1.82) is 0 Å². The van der Waals surface area contributed by atoms with Gasteiger partial charge < -0.3 is 0 Å². The fourth-order valence-corrected chi connectivity index (χ4v) is 1.30. The maximum Gasteiger partial charge on any atom is 0.00695 e. The van der Waals surface area contributed by atoms with Crippen molar-refractivity contribution in [2.75, 3.05) is 6.26 Å². The van der Waals surface area contributed by atoms with Crippen molar-refractivity contribution in [1.82, 2.24) is 0 Å². The van der Waals surface area contributed by atoms with E-state index >= 15 is 0 Å². The minimum Gasteiger partial charge on any atom is -0.130 e. The Labute approximate surface area is 78.0 Å². The van der Waals surface area contributed by atoms with Crippen LogP contribution in [0.25, 0.3) is 6.08 Å². The van der Waals surface area contributed by atoms with E-state index in [-0.39, 0.29) is 0 Å². The van der Waals surface area contributed by atoms with Gasteiger partial charge in [-0.3, -0.25) is 0 Å². The summed E-state index contributed by atoms with van der Waals surface area (Å²) < 4.78 is 0. The molecule has 0 bridgehead atoms. The maximum atomic E-state index is 3.62. The first kappa shape index (κ1) is 9.14. The predicted molar refractivity (Wildman–Crippen MR) is 57.5 cm³/mol. The van der Waals surface area contributed by atoms with Gasteiger partial charge in [0.25, 0.3) is 0 Å². The summed E-state index contributed by atoms with van der Waals surface area (Å²) in [5, 5.41) is 0. The molecule has 0 N–H and O–H groups in total. The SMILES string of the molecule is C=C/C=C/c1ccc(SC)cc1. The number of hydrogen-bond acceptors (Lipinski definition) is 1. The van der Waals surface area contributed by atoms with Crippen molar-refractivity contribution in [3.8, 4) is 0 Å². The summed E-state index contributed by atoms with van der Waals surface area (Å²) in [6.07, 6.45) is 7.84. The first-order valence-corrected chi connectivity index (χ1v) is 5.02. The Bertz CT molecular complexity index is 270. The van der Waals surface area contributed by atoms with Gasteiger partial charge in [0.2, 0.25) is 0 Å². The Kier molecular flexibility index (Phi) is 3.68. The molecule has 1 aromatic carbocycles. The third-order valence-corrected chi connectivity index (χ3v) is 2.28. The van der Waals surface area contributed by atoms with E-state index in [0.29, 0.717) is 0 Å². The van der Waals surface area contributed by atoms with Crippen LogP contribution in [0.4, 0.5) is 0 Å². The molecule has 0 spiro atoms. The molecule has 1 aromatic rings. The third-order valence-electron chi connectivity index (χ3n) is 1.54. The quantitative estimate of drug-likeness (QED) is 0.501. The Morgan fingerprint density at radius 3 is 2.42 bits per heavy atom. The number of thioether (sulfide) groups is 1. The molecule has 0 atom stereocenters. The van der Waals surface area contributed by atoms with E-state index < -0.39 is 0 Å². The molecule has 0 unspecified atom stereocenters. The molecule has 0 heterocycles. The Hall–Kier alpha value is -0.950. The molecular weight excluding hydrogens is 164 g/mol. The molecular formula is C11H12S. The third kappa shape index (κ3) is 2.59. The zero-order valence-corrected chi connectivity index (χ0v) is 7.97. The van der Waals surface area contributed by atoms with Gasteiger partial charge in [-0.05, 0) is 24.0 Å². The lowest BCUT2D eigenvalue weighted by atomic mass is 10.2. The molecule has 1 heteroatoms. The van der Waals surface area contributed by atoms with E-state index in [1.54, 1.807) is 17.8 Å². The number of allylic oxidation sites excluding steroid dienone is 2. The number of benzene rings is 1. The van der Waals surface area contributed by atoms with E-state index in [1.807, 2.05) is 12.2 Å². The number of hydrogen-bond donors (Lipinski definition) is 0. The van der Waals surface area contributed by atoms with Crippen molar-refractivity contribution in [3.63, 3.8) is 0 Å². The van der Waals surface area contributed by atoms with Gasteiger partial charge in [-0.25, -0.2) is 0 Å². The molecule has 1 rings (SSSR count). The van der Waals surface area contributed by atoms with Crippen LogP contribution < -0.4 is 0 Å². The Morgan fingerprint density at radius 1 is 1.25 bits per heavy atom. The molecule has 0 nitrogen and oxygen atoms in total. The molecule has 0 aromatic heterocycles. The summed E-state index contributed by atoms with van der Waals surface area (Å²) in [6.45, 7) is 3.62. The number of rotatable bonds is 3. The maximum absolute atomic E-state index is 3.62. The van der Waals surface area contributed by atoms with Crippen molar-refractivity contribution < 1.29 is 0 Å². The summed E-state index contributed by atoms with van der Waals surface area (Å²) in [5.74, 6) is 0. The molecule has 12 heavy (non-hydrogen) atoms. The van der Waals surface area contributed by atoms with Crippen LogP contribution in [0.2, 0.25) is 0 Å². The average molecular weight is 176 g/mol. The van der Waals surface area contributed by atoms with Crippen molar-refractivity contribution >= 4 is 17.8 Å². The van der Waals surface area contributed by atoms with Crippen molar-refractivity contribution in [3.05, 3.63) is 48.6 Å². The van der Waals surface area contributed by atoms with Crippen LogP contribution in [0.3, 0.4) is 0 Å². The van der Waals surface area contributed by atoms with Crippen molar-refractivity contribution in [2.24, 2.45) is 0 Å². The van der Waals surface area contributed by atoms with Gasteiger partial charge in [-0.1, -0.05) is 36.9 Å². The predicted octanol–water partition coefficient (Wildman–Crippen LogP) is 3.61. The molecule has 62 valence electrons. The van der Waals surface area contributed by atoms with Crippen molar-refractivity contribution in [2.45, 2.75) is 4.90 Å². The molecule has 0 aliphatic carbocycles. The van der Waals surface area contributed by atoms with Crippen LogP contribution in [-0.4, -0.2) is 6.26 Å². The highest BCUT2D eigenvalue weighted by Crippen LogP contribution is 2.15. The fourth-order valence-electron chi connectivity index (χ4n) is 0.894. The monoisotopic (exact) mass is 176 g/mol. The lowest BCUT2D eigenvalue weighted by Crippen LogP contribution is -1.71. The first-order valence-electron chi connectivity index (χ1n) is 3.80. The van der Waals surface area contributed by atoms with Gasteiger partial charge in [0, 0.05) is 4.90 Å². The summed E-state index contributed by atoms with van der Waals surface area (Å²) in [6, 6.07) is 8.44. The lowest BCUT2D eigenvalue weighted by Gasteiger charge is -1.95. The van der Waals surface area contributed by atoms with E-state index in [1.165, 1.54) is 10.5 Å². The zero-order valence-electron chi connectivity index (χ0n) is 7.16. The molecule has 0 fully saturated rings. The summed E-state index contributed by atoms with van der Waals surface area (Å²) in [7, 11) is 0. The van der Waals surface area contributed by atoms with Gasteiger partial charge in [0.1, 0.15) is 0 Å². The largest absolute Gasteiger partial charge is 0.130 e. The van der Waals surface area contributed by atoms with Crippen LogP contribution >= 0.6 is 11.8 Å². The molecule has 0 radical (unpaired) electrons. The molecule has 0 amide bonds. The van der Waals surface area contributed by atoms with Crippen LogP contribution in [0.15, 0.2) is 47.9 Å². The zero-order chi connectivity index (χ0) is 8.81. The van der Waals surface area contributed by atoms with E-state index in [9.17, 15) is 0 Å². The summed E-state index contributed by atoms with van der Waals surface area (Å²) in [5.41, 5.74) is 1.22. The summed E-state index contributed by atoms with van der Waals surface area (Å²) in [4.78, 5) is 1.30. The fraction of sp³-hybridized carbons (Fsp3) is 0.0909. The normalized spacial score (nSPS) is 10.4. The first-order chi connectivity index (χ1) is 5.86. The van der Waals surface area contributed by atoms with Crippen LogP contribution in [0, 0.1) is 0 Å². The van der Waals surface area contributed by atoms with Crippen LogP contribution in [0.1, 0.15) is 5.56 Å². The summed E-state index contributed by atoms with van der Waals surface area (Å²) >= 11 is 1.76. The highest BCUT2D eigenvalue weighted by Gasteiger charge is 1.87. The van der Waals surface area contributed by atoms with Crippen LogP contribution in [-0.2, 0) is 0 Å². The second kappa shape index (κ2) is 4.83. The average Bonchev–Trinajstić information content (AvgIpc) is 2.15. The highest BCUT2D eigenvalue weighted by atomic mass is 32.2. The second-order valence-electron chi connectivity index (χ2n) is 2.37. The lowest BCUT2D eigenvalue weighted by molar-refractivity contribution is 1.45. The molecule has 0 saturated heterocycles. The smallest absolute Gasteiger partial charge is 0.00695 e. The minimum atomic E-state index is 1.22. The van der Waals surface area contributed by atoms with Gasteiger partial charge in [0.05, 0.1) is 0 Å². The van der Waals surface area contributed by atoms with E-state index in [2.05, 4.69) is 37.1 Å². The van der Waals surface area contributed by atoms with Gasteiger partial charge in [0.15, 0.2) is 0 Å². The topological polar surface area (TPSA) is 0 Å². The standard InChI is InChI=1S/C11H12S/c1-3-4-5-10-6-8-11(12-2)9-7-10/h3-9H,1H2,2H3/b5-4+. The molecule has 0 saturated carbocycles. The molecule has 0 aliphatic heterocycles. The Balaban J connectivity index is 2.77. The Morgan fingerprint density at radius 2 is 1.92 bits per heavy atom. The highest BCUT2D eigenvalue weighted by molar-refractivity contribution is 7.98. The van der Waals surface area contributed by atoms with Gasteiger partial charge in [-0.2, -0.15) is 0 Å². The second-order valence-corrected chi connectivity index (χ2v) is 3.25. The van der Waals surface area contributed by atoms with Crippen LogP contribution in [0.5, 0.6) is 0 Å². The van der Waals surface area contributed by atoms with E-state index in [0.717, 1.165) is 0 Å².